The van der Waals surface area contributed by atoms with Crippen molar-refractivity contribution in [3.63, 3.8) is 0 Å². The molecule has 0 bridgehead atoms. The number of ether oxygens (including phenoxy) is 3. The van der Waals surface area contributed by atoms with Crippen molar-refractivity contribution < 1.29 is 28.6 Å². The van der Waals surface area contributed by atoms with E-state index in [1.54, 1.807) is 32.0 Å². The van der Waals surface area contributed by atoms with Crippen LogP contribution >= 0.6 is 23.1 Å². The number of benzene rings is 1. The maximum Gasteiger partial charge on any atom is 0.341 e. The second kappa shape index (κ2) is 14.5. The van der Waals surface area contributed by atoms with Crippen LogP contribution in [0.2, 0.25) is 0 Å². The third-order valence-corrected chi connectivity index (χ3v) is 9.13. The zero-order chi connectivity index (χ0) is 30.2. The number of thiophene rings is 1. The van der Waals surface area contributed by atoms with E-state index in [0.717, 1.165) is 42.5 Å². The highest BCUT2D eigenvalue weighted by Gasteiger charge is 2.30. The molecule has 1 aliphatic carbocycles. The summed E-state index contributed by atoms with van der Waals surface area (Å²) in [6.45, 7) is 6.72. The Morgan fingerprint density at radius 1 is 1.10 bits per heavy atom. The molecule has 0 unspecified atom stereocenters. The van der Waals surface area contributed by atoms with Gasteiger partial charge in [-0.25, -0.2) is 4.79 Å². The number of nitrogens with one attached hydrogen (secondary N) is 2. The topological polar surface area (TPSA) is 134 Å². The van der Waals surface area contributed by atoms with Gasteiger partial charge in [0.1, 0.15) is 16.5 Å². The molecule has 2 amide bonds. The molecule has 2 N–H and O–H groups in total. The molecule has 0 aliphatic heterocycles. The molecule has 1 aromatic carbocycles. The lowest BCUT2D eigenvalue weighted by molar-refractivity contribution is -0.115. The van der Waals surface area contributed by atoms with E-state index in [1.807, 2.05) is 4.57 Å². The molecule has 4 rings (SSSR count). The van der Waals surface area contributed by atoms with E-state index < -0.39 is 11.2 Å². The van der Waals surface area contributed by atoms with Gasteiger partial charge in [-0.3, -0.25) is 9.59 Å². The average molecular weight is 616 g/mol. The molecule has 2 aromatic heterocycles. The first-order valence-electron chi connectivity index (χ1n) is 14.0. The largest absolute Gasteiger partial charge is 0.497 e. The molecule has 11 nitrogen and oxygen atoms in total. The molecule has 3 aromatic rings. The van der Waals surface area contributed by atoms with Crippen molar-refractivity contribution in [3.8, 4) is 11.5 Å². The molecule has 0 saturated carbocycles. The average Bonchev–Trinajstić information content (AvgIpc) is 3.69. The predicted octanol–water partition coefficient (Wildman–Crippen LogP) is 4.87. The zero-order valence-corrected chi connectivity index (χ0v) is 26.2. The number of aryl methyl sites for hydroxylation is 1. The van der Waals surface area contributed by atoms with Crippen molar-refractivity contribution in [2.75, 3.05) is 26.1 Å². The lowest BCUT2D eigenvalue weighted by atomic mass is 10.1. The van der Waals surface area contributed by atoms with Gasteiger partial charge in [0, 0.05) is 23.1 Å². The van der Waals surface area contributed by atoms with Gasteiger partial charge in [-0.05, 0) is 57.2 Å². The third-order valence-electron chi connectivity index (χ3n) is 6.84. The summed E-state index contributed by atoms with van der Waals surface area (Å²) in [5, 5.41) is 15.1. The van der Waals surface area contributed by atoms with Gasteiger partial charge < -0.3 is 29.4 Å². The highest BCUT2D eigenvalue weighted by molar-refractivity contribution is 8.00. The molecule has 0 fully saturated rings. The zero-order valence-electron chi connectivity index (χ0n) is 24.6. The maximum atomic E-state index is 13.3. The Bertz CT molecular complexity index is 1410. The van der Waals surface area contributed by atoms with Crippen molar-refractivity contribution in [2.45, 2.75) is 76.4 Å². The Morgan fingerprint density at radius 3 is 2.50 bits per heavy atom. The number of aromatic nitrogens is 3. The van der Waals surface area contributed by atoms with Crippen LogP contribution in [0.15, 0.2) is 23.4 Å². The number of carbonyl (C=O) groups excluding carboxylic acids is 3. The summed E-state index contributed by atoms with van der Waals surface area (Å²) in [7, 11) is 3.05. The van der Waals surface area contributed by atoms with E-state index in [1.165, 1.54) is 37.3 Å². The van der Waals surface area contributed by atoms with E-state index in [2.05, 4.69) is 27.8 Å². The van der Waals surface area contributed by atoms with Gasteiger partial charge in [0.25, 0.3) is 5.91 Å². The molecule has 0 spiro atoms. The number of hydrogen-bond donors (Lipinski definition) is 2. The Balaban J connectivity index is 1.46. The summed E-state index contributed by atoms with van der Waals surface area (Å²) < 4.78 is 17.8. The number of rotatable bonds is 14. The molecule has 0 radical (unpaired) electrons. The minimum atomic E-state index is -0.520. The smallest absolute Gasteiger partial charge is 0.341 e. The van der Waals surface area contributed by atoms with Crippen LogP contribution in [0.25, 0.3) is 0 Å². The minimum absolute atomic E-state index is 0.153. The van der Waals surface area contributed by atoms with Crippen LogP contribution in [0.5, 0.6) is 11.5 Å². The summed E-state index contributed by atoms with van der Waals surface area (Å²) in [5.74, 6) is 0.667. The number of nitrogens with zero attached hydrogens (tertiary/aromatic N) is 3. The van der Waals surface area contributed by atoms with Crippen LogP contribution in [-0.4, -0.2) is 58.6 Å². The van der Waals surface area contributed by atoms with E-state index in [9.17, 15) is 14.4 Å². The molecular weight excluding hydrogens is 578 g/mol. The lowest BCUT2D eigenvalue weighted by Crippen LogP contribution is -2.25. The fraction of sp³-hybridized carbons (Fsp3) is 0.483. The fourth-order valence-corrected chi connectivity index (χ4v) is 6.79. The normalized spacial score (nSPS) is 12.9. The van der Waals surface area contributed by atoms with Gasteiger partial charge in [0.15, 0.2) is 11.0 Å². The Hall–Kier alpha value is -3.58. The standard InChI is InChI=1S/C29H37N5O6S2/c1-6-8-12-34-23(16-30-26(36)18-13-19(38-4)15-20(14-18)39-5)32-33-29(34)41-17(3)25(35)31-27-24(28(37)40-7-2)21-10-9-11-22(21)42-27/h13-15,17H,6-12,16H2,1-5H3,(H,30,36)(H,31,35)/t17-/m1/s1. The molecule has 226 valence electrons. The van der Waals surface area contributed by atoms with Crippen molar-refractivity contribution in [1.29, 1.82) is 0 Å². The van der Waals surface area contributed by atoms with Crippen molar-refractivity contribution in [1.82, 2.24) is 20.1 Å². The Morgan fingerprint density at radius 2 is 1.83 bits per heavy atom. The second-order valence-electron chi connectivity index (χ2n) is 9.72. The monoisotopic (exact) mass is 615 g/mol. The number of thioether (sulfide) groups is 1. The Kier molecular flexibility index (Phi) is 10.9. The van der Waals surface area contributed by atoms with Gasteiger partial charge in [0.05, 0.1) is 38.2 Å². The summed E-state index contributed by atoms with van der Waals surface area (Å²) in [4.78, 5) is 40.0. The minimum Gasteiger partial charge on any atom is -0.497 e. The highest BCUT2D eigenvalue weighted by Crippen LogP contribution is 2.40. The first-order chi connectivity index (χ1) is 20.3. The first-order valence-corrected chi connectivity index (χ1v) is 15.7. The SMILES string of the molecule is CCCCn1c(CNC(=O)c2cc(OC)cc(OC)c2)nnc1S[C@H](C)C(=O)Nc1sc2c(c1C(=O)OCC)CCC2. The van der Waals surface area contributed by atoms with Gasteiger partial charge >= 0.3 is 5.97 Å². The van der Waals surface area contributed by atoms with E-state index >= 15 is 0 Å². The third kappa shape index (κ3) is 7.24. The maximum absolute atomic E-state index is 13.3. The molecule has 13 heteroatoms. The number of unbranched alkanes of at least 4 members (excludes halogenated alkanes) is 1. The number of carbonyl (C=O) groups is 3. The molecule has 1 atom stereocenters. The lowest BCUT2D eigenvalue weighted by Gasteiger charge is -2.14. The van der Waals surface area contributed by atoms with Crippen LogP contribution in [-0.2, 0) is 35.5 Å². The van der Waals surface area contributed by atoms with Crippen LogP contribution in [0.1, 0.15) is 77.0 Å². The van der Waals surface area contributed by atoms with Crippen LogP contribution in [0, 0.1) is 0 Å². The number of amides is 2. The van der Waals surface area contributed by atoms with E-state index in [0.29, 0.717) is 45.2 Å². The molecular formula is C29H37N5O6S2. The van der Waals surface area contributed by atoms with Gasteiger partial charge in [0.2, 0.25) is 5.91 Å². The van der Waals surface area contributed by atoms with Crippen molar-refractivity contribution in [3.05, 3.63) is 45.6 Å². The summed E-state index contributed by atoms with van der Waals surface area (Å²) >= 11 is 2.74. The molecule has 0 saturated heterocycles. The predicted molar refractivity (Wildman–Crippen MR) is 162 cm³/mol. The second-order valence-corrected chi connectivity index (χ2v) is 12.1. The summed E-state index contributed by atoms with van der Waals surface area (Å²) in [6, 6.07) is 4.97. The molecule has 1 aliphatic rings. The Labute approximate surface area is 253 Å². The summed E-state index contributed by atoms with van der Waals surface area (Å²) in [5.41, 5.74) is 1.87. The summed E-state index contributed by atoms with van der Waals surface area (Å²) in [6.07, 6.45) is 4.54. The number of hydrogen-bond acceptors (Lipinski definition) is 10. The van der Waals surface area contributed by atoms with Crippen molar-refractivity contribution in [2.24, 2.45) is 0 Å². The fourth-order valence-electron chi connectivity index (χ4n) is 4.61. The van der Waals surface area contributed by atoms with Gasteiger partial charge in [-0.2, -0.15) is 0 Å². The first kappa shape index (κ1) is 31.4. The molecule has 2 heterocycles. The quantitative estimate of drug-likeness (QED) is 0.192. The van der Waals surface area contributed by atoms with Crippen LogP contribution in [0.3, 0.4) is 0 Å². The number of fused-ring (bicyclic) bond motifs is 1. The van der Waals surface area contributed by atoms with Crippen LogP contribution in [0.4, 0.5) is 5.00 Å². The van der Waals surface area contributed by atoms with E-state index in [4.69, 9.17) is 14.2 Å². The number of esters is 1. The highest BCUT2D eigenvalue weighted by atomic mass is 32.2. The van der Waals surface area contributed by atoms with Gasteiger partial charge in [-0.15, -0.1) is 21.5 Å². The van der Waals surface area contributed by atoms with Gasteiger partial charge in [-0.1, -0.05) is 25.1 Å². The number of methoxy groups -OCH3 is 2. The van der Waals surface area contributed by atoms with Crippen molar-refractivity contribution >= 4 is 45.9 Å². The molecule has 42 heavy (non-hydrogen) atoms. The van der Waals surface area contributed by atoms with Crippen LogP contribution < -0.4 is 20.1 Å². The van der Waals surface area contributed by atoms with E-state index in [-0.39, 0.29) is 25.0 Å². The number of anilines is 1.